The van der Waals surface area contributed by atoms with Crippen LogP contribution in [0, 0.1) is 6.92 Å². The Balaban J connectivity index is 2.17. The van der Waals surface area contributed by atoms with Crippen LogP contribution in [0.1, 0.15) is 37.0 Å². The van der Waals surface area contributed by atoms with Crippen molar-refractivity contribution in [2.45, 2.75) is 43.8 Å². The lowest BCUT2D eigenvalue weighted by atomic mass is 9.93. The number of benzene rings is 1. The van der Waals surface area contributed by atoms with Crippen LogP contribution in [0.25, 0.3) is 0 Å². The molecule has 1 atom stereocenters. The number of hydrogen-bond donors (Lipinski definition) is 1. The smallest absolute Gasteiger partial charge is 0.106 e. The van der Waals surface area contributed by atoms with Crippen LogP contribution in [-0.2, 0) is 22.0 Å². The minimum Gasteiger partial charge on any atom is -0.399 e. The van der Waals surface area contributed by atoms with E-state index in [4.69, 9.17) is 5.73 Å². The second-order valence-electron chi connectivity index (χ2n) is 5.89. The molecule has 0 fully saturated rings. The fourth-order valence-electron chi connectivity index (χ4n) is 1.84. The lowest BCUT2D eigenvalue weighted by molar-refractivity contribution is 0.571. The summed E-state index contributed by atoms with van der Waals surface area (Å²) in [5, 5.41) is 2.98. The zero-order valence-electron chi connectivity index (χ0n) is 12.3. The summed E-state index contributed by atoms with van der Waals surface area (Å²) in [5.74, 6) is 0.464. The maximum absolute atomic E-state index is 12.4. The quantitative estimate of drug-likeness (QED) is 0.881. The van der Waals surface area contributed by atoms with Gasteiger partial charge in [0.25, 0.3) is 0 Å². The van der Waals surface area contributed by atoms with Gasteiger partial charge >= 0.3 is 0 Å². The number of nitrogens with two attached hydrogens (primary N) is 1. The molecular formula is C15H20N2OS2. The summed E-state index contributed by atoms with van der Waals surface area (Å²) in [6.45, 7) is 8.33. The molecule has 3 nitrogen and oxygen atoms in total. The van der Waals surface area contributed by atoms with E-state index in [1.807, 2.05) is 19.1 Å². The highest BCUT2D eigenvalue weighted by Gasteiger charge is 2.18. The third kappa shape index (κ3) is 3.46. The maximum atomic E-state index is 12.4. The summed E-state index contributed by atoms with van der Waals surface area (Å²) in [7, 11) is -1.08. The predicted molar refractivity (Wildman–Crippen MR) is 86.5 cm³/mol. The minimum atomic E-state index is -1.08. The van der Waals surface area contributed by atoms with Gasteiger partial charge in [0, 0.05) is 21.4 Å². The van der Waals surface area contributed by atoms with Crippen molar-refractivity contribution < 1.29 is 4.21 Å². The van der Waals surface area contributed by atoms with E-state index in [-0.39, 0.29) is 5.41 Å². The molecule has 0 spiro atoms. The number of rotatable bonds is 3. The zero-order valence-corrected chi connectivity index (χ0v) is 13.9. The van der Waals surface area contributed by atoms with Crippen LogP contribution >= 0.6 is 11.3 Å². The van der Waals surface area contributed by atoms with Gasteiger partial charge in [0.1, 0.15) is 5.01 Å². The molecule has 0 amide bonds. The number of nitrogen functional groups attached to an aromatic ring is 1. The van der Waals surface area contributed by atoms with Gasteiger partial charge in [-0.25, -0.2) is 4.98 Å². The Morgan fingerprint density at radius 1 is 1.35 bits per heavy atom. The molecule has 0 bridgehead atoms. The molecule has 108 valence electrons. The average Bonchev–Trinajstić information content (AvgIpc) is 2.76. The Labute approximate surface area is 126 Å². The second kappa shape index (κ2) is 5.66. The number of thiazole rings is 1. The van der Waals surface area contributed by atoms with E-state index in [0.29, 0.717) is 11.4 Å². The first-order valence-corrected chi connectivity index (χ1v) is 8.66. The van der Waals surface area contributed by atoms with Crippen molar-refractivity contribution in [2.24, 2.45) is 0 Å². The molecule has 1 aromatic heterocycles. The molecule has 5 heteroatoms. The van der Waals surface area contributed by atoms with Crippen molar-refractivity contribution in [2.75, 3.05) is 5.73 Å². The van der Waals surface area contributed by atoms with Gasteiger partial charge < -0.3 is 5.73 Å². The van der Waals surface area contributed by atoms with Gasteiger partial charge in [0.05, 0.1) is 22.2 Å². The number of aromatic nitrogens is 1. The Morgan fingerprint density at radius 3 is 2.60 bits per heavy atom. The minimum absolute atomic E-state index is 0.0351. The highest BCUT2D eigenvalue weighted by atomic mass is 32.2. The van der Waals surface area contributed by atoms with E-state index < -0.39 is 10.8 Å². The molecule has 1 aromatic carbocycles. The second-order valence-corrected chi connectivity index (χ2v) is 8.25. The first kappa shape index (κ1) is 15.2. The third-order valence-electron chi connectivity index (χ3n) is 3.02. The van der Waals surface area contributed by atoms with Gasteiger partial charge in [-0.15, -0.1) is 11.3 Å². The molecular weight excluding hydrogens is 288 g/mol. The van der Waals surface area contributed by atoms with E-state index in [1.54, 1.807) is 17.4 Å². The summed E-state index contributed by atoms with van der Waals surface area (Å²) in [4.78, 5) is 5.43. The fourth-order valence-corrected chi connectivity index (χ4v) is 4.32. The van der Waals surface area contributed by atoms with E-state index >= 15 is 0 Å². The Morgan fingerprint density at radius 2 is 2.05 bits per heavy atom. The summed E-state index contributed by atoms with van der Waals surface area (Å²) in [5.41, 5.74) is 8.49. The third-order valence-corrected chi connectivity index (χ3v) is 5.53. The van der Waals surface area contributed by atoms with Crippen LogP contribution in [0.4, 0.5) is 5.69 Å². The maximum Gasteiger partial charge on any atom is 0.106 e. The predicted octanol–water partition coefficient (Wildman–Crippen LogP) is 3.64. The Hall–Kier alpha value is -1.20. The first-order valence-electron chi connectivity index (χ1n) is 6.47. The molecule has 0 aliphatic rings. The van der Waals surface area contributed by atoms with Crippen LogP contribution in [0.3, 0.4) is 0 Å². The fraction of sp³-hybridized carbons (Fsp3) is 0.400. The van der Waals surface area contributed by atoms with Crippen molar-refractivity contribution in [1.29, 1.82) is 0 Å². The van der Waals surface area contributed by atoms with Crippen LogP contribution in [-0.4, -0.2) is 9.19 Å². The van der Waals surface area contributed by atoms with Crippen molar-refractivity contribution in [3.8, 4) is 0 Å². The number of hydrogen-bond acceptors (Lipinski definition) is 4. The topological polar surface area (TPSA) is 56.0 Å². The first-order chi connectivity index (χ1) is 9.27. The van der Waals surface area contributed by atoms with Crippen LogP contribution in [0.2, 0.25) is 0 Å². The lowest BCUT2D eigenvalue weighted by Crippen LogP contribution is -2.11. The van der Waals surface area contributed by atoms with Crippen LogP contribution in [0.5, 0.6) is 0 Å². The SMILES string of the molecule is Cc1cc(N)ccc1S(=O)Cc1nc(C(C)(C)C)cs1. The number of nitrogens with zero attached hydrogens (tertiary/aromatic N) is 1. The summed E-state index contributed by atoms with van der Waals surface area (Å²) < 4.78 is 12.4. The Kier molecular flexibility index (Phi) is 4.30. The number of aryl methyl sites for hydroxylation is 1. The zero-order chi connectivity index (χ0) is 14.9. The van der Waals surface area contributed by atoms with E-state index in [0.717, 1.165) is 21.2 Å². The van der Waals surface area contributed by atoms with Crippen molar-refractivity contribution in [3.63, 3.8) is 0 Å². The van der Waals surface area contributed by atoms with Gasteiger partial charge in [0.2, 0.25) is 0 Å². The molecule has 0 radical (unpaired) electrons. The number of anilines is 1. The largest absolute Gasteiger partial charge is 0.399 e. The van der Waals surface area contributed by atoms with Crippen LogP contribution in [0.15, 0.2) is 28.5 Å². The lowest BCUT2D eigenvalue weighted by Gasteiger charge is -2.14. The molecule has 0 saturated carbocycles. The summed E-state index contributed by atoms with van der Waals surface area (Å²) >= 11 is 1.58. The van der Waals surface area contributed by atoms with Gasteiger partial charge in [-0.05, 0) is 30.7 Å². The van der Waals surface area contributed by atoms with Gasteiger partial charge in [0.15, 0.2) is 0 Å². The van der Waals surface area contributed by atoms with Crippen molar-refractivity contribution >= 4 is 27.8 Å². The summed E-state index contributed by atoms with van der Waals surface area (Å²) in [6.07, 6.45) is 0. The molecule has 20 heavy (non-hydrogen) atoms. The van der Waals surface area contributed by atoms with Gasteiger partial charge in [-0.3, -0.25) is 4.21 Å². The molecule has 2 N–H and O–H groups in total. The molecule has 1 unspecified atom stereocenters. The van der Waals surface area contributed by atoms with Crippen molar-refractivity contribution in [3.05, 3.63) is 39.8 Å². The Bertz CT molecular complexity index is 642. The highest BCUT2D eigenvalue weighted by molar-refractivity contribution is 7.84. The van der Waals surface area contributed by atoms with Crippen LogP contribution < -0.4 is 5.73 Å². The summed E-state index contributed by atoms with van der Waals surface area (Å²) in [6, 6.07) is 5.50. The van der Waals surface area contributed by atoms with E-state index in [1.165, 1.54) is 0 Å². The molecule has 0 aliphatic heterocycles. The monoisotopic (exact) mass is 308 g/mol. The highest BCUT2D eigenvalue weighted by Crippen LogP contribution is 2.26. The normalized spacial score (nSPS) is 13.4. The van der Waals surface area contributed by atoms with Gasteiger partial charge in [-0.1, -0.05) is 20.8 Å². The van der Waals surface area contributed by atoms with Gasteiger partial charge in [-0.2, -0.15) is 0 Å². The van der Waals surface area contributed by atoms with E-state index in [2.05, 4.69) is 31.1 Å². The van der Waals surface area contributed by atoms with E-state index in [9.17, 15) is 4.21 Å². The molecule has 0 saturated heterocycles. The van der Waals surface area contributed by atoms with Crippen molar-refractivity contribution in [1.82, 2.24) is 4.98 Å². The molecule has 0 aliphatic carbocycles. The molecule has 2 aromatic rings. The average molecular weight is 308 g/mol. The molecule has 2 rings (SSSR count). The molecule has 1 heterocycles. The standard InChI is InChI=1S/C15H20N2OS2/c1-10-7-11(16)5-6-12(10)20(18)9-14-17-13(8-19-14)15(2,3)4/h5-8H,9,16H2,1-4H3.